The van der Waals surface area contributed by atoms with Crippen LogP contribution in [0.5, 0.6) is 0 Å². The molecule has 0 saturated carbocycles. The van der Waals surface area contributed by atoms with Gasteiger partial charge in [-0.2, -0.15) is 0 Å². The van der Waals surface area contributed by atoms with Crippen LogP contribution < -0.4 is 5.32 Å². The summed E-state index contributed by atoms with van der Waals surface area (Å²) in [5, 5.41) is 6.06. The standard InChI is InChI=1S/C19H20Cl4N2/c20-16-3-1-13(9-18(16)22)11-24-15-5-7-25(8-6-15)12-14-2-4-17(21)19(23)10-14/h1-4,9-10,15,24H,5-8,11-12H2. The number of nitrogens with zero attached hydrogens (tertiary/aromatic N) is 1. The summed E-state index contributed by atoms with van der Waals surface area (Å²) < 4.78 is 0. The second kappa shape index (κ2) is 8.94. The summed E-state index contributed by atoms with van der Waals surface area (Å²) in [6, 6.07) is 12.2. The van der Waals surface area contributed by atoms with E-state index in [9.17, 15) is 0 Å². The van der Waals surface area contributed by atoms with Gasteiger partial charge in [0.05, 0.1) is 20.1 Å². The van der Waals surface area contributed by atoms with Gasteiger partial charge < -0.3 is 5.32 Å². The van der Waals surface area contributed by atoms with Gasteiger partial charge in [0.2, 0.25) is 0 Å². The molecular formula is C19H20Cl4N2. The fourth-order valence-electron chi connectivity index (χ4n) is 3.10. The van der Waals surface area contributed by atoms with Crippen LogP contribution in [0, 0.1) is 0 Å². The Labute approximate surface area is 169 Å². The van der Waals surface area contributed by atoms with Crippen molar-refractivity contribution >= 4 is 46.4 Å². The Morgan fingerprint density at radius 3 is 1.96 bits per heavy atom. The number of likely N-dealkylation sites (tertiary alicyclic amines) is 1. The molecule has 1 N–H and O–H groups in total. The molecule has 0 bridgehead atoms. The third-order valence-corrected chi connectivity index (χ3v) is 6.03. The zero-order chi connectivity index (χ0) is 17.8. The summed E-state index contributed by atoms with van der Waals surface area (Å²) in [7, 11) is 0. The summed E-state index contributed by atoms with van der Waals surface area (Å²) in [6.07, 6.45) is 2.26. The monoisotopic (exact) mass is 416 g/mol. The highest BCUT2D eigenvalue weighted by molar-refractivity contribution is 6.42. The van der Waals surface area contributed by atoms with E-state index in [4.69, 9.17) is 46.4 Å². The molecule has 1 aliphatic heterocycles. The van der Waals surface area contributed by atoms with Crippen LogP contribution >= 0.6 is 46.4 Å². The minimum absolute atomic E-state index is 0.527. The number of piperidine rings is 1. The number of benzene rings is 2. The van der Waals surface area contributed by atoms with Crippen molar-refractivity contribution in [2.75, 3.05) is 13.1 Å². The lowest BCUT2D eigenvalue weighted by Gasteiger charge is -2.32. The van der Waals surface area contributed by atoms with E-state index in [0.717, 1.165) is 44.6 Å². The number of rotatable bonds is 5. The fraction of sp³-hybridized carbons (Fsp3) is 0.368. The molecule has 0 atom stereocenters. The Hall–Kier alpha value is -0.480. The van der Waals surface area contributed by atoms with Crippen LogP contribution in [-0.2, 0) is 13.1 Å². The molecule has 3 rings (SSSR count). The predicted molar refractivity (Wildman–Crippen MR) is 108 cm³/mol. The average Bonchev–Trinajstić information content (AvgIpc) is 2.60. The van der Waals surface area contributed by atoms with E-state index >= 15 is 0 Å². The van der Waals surface area contributed by atoms with Crippen molar-refractivity contribution in [3.05, 3.63) is 67.6 Å². The van der Waals surface area contributed by atoms with Crippen LogP contribution in [0.1, 0.15) is 24.0 Å². The topological polar surface area (TPSA) is 15.3 Å². The van der Waals surface area contributed by atoms with E-state index in [0.29, 0.717) is 26.1 Å². The molecule has 0 aliphatic carbocycles. The van der Waals surface area contributed by atoms with Gasteiger partial charge in [-0.3, -0.25) is 4.90 Å². The SMILES string of the molecule is Clc1ccc(CNC2CCN(Cc3ccc(Cl)c(Cl)c3)CC2)cc1Cl. The average molecular weight is 418 g/mol. The van der Waals surface area contributed by atoms with Gasteiger partial charge in [0.15, 0.2) is 0 Å². The van der Waals surface area contributed by atoms with Gasteiger partial charge in [-0.25, -0.2) is 0 Å². The zero-order valence-corrected chi connectivity index (χ0v) is 16.8. The molecule has 6 heteroatoms. The van der Waals surface area contributed by atoms with Crippen molar-refractivity contribution in [3.63, 3.8) is 0 Å². The van der Waals surface area contributed by atoms with E-state index < -0.39 is 0 Å². The molecule has 1 fully saturated rings. The van der Waals surface area contributed by atoms with Crippen molar-refractivity contribution < 1.29 is 0 Å². The van der Waals surface area contributed by atoms with Gasteiger partial charge in [0.25, 0.3) is 0 Å². The van der Waals surface area contributed by atoms with E-state index in [1.807, 2.05) is 36.4 Å². The van der Waals surface area contributed by atoms with E-state index in [2.05, 4.69) is 10.2 Å². The van der Waals surface area contributed by atoms with Crippen LogP contribution in [-0.4, -0.2) is 24.0 Å². The summed E-state index contributed by atoms with van der Waals surface area (Å²) in [4.78, 5) is 2.46. The Balaban J connectivity index is 1.45. The molecule has 1 heterocycles. The minimum Gasteiger partial charge on any atom is -0.310 e. The second-order valence-electron chi connectivity index (χ2n) is 6.43. The lowest BCUT2D eigenvalue weighted by molar-refractivity contribution is 0.190. The van der Waals surface area contributed by atoms with Gasteiger partial charge in [-0.05, 0) is 61.3 Å². The minimum atomic E-state index is 0.527. The molecule has 1 aliphatic rings. The first-order chi connectivity index (χ1) is 12.0. The van der Waals surface area contributed by atoms with Crippen molar-refractivity contribution in [2.24, 2.45) is 0 Å². The lowest BCUT2D eigenvalue weighted by Crippen LogP contribution is -2.41. The van der Waals surface area contributed by atoms with E-state index in [1.54, 1.807) is 0 Å². The zero-order valence-electron chi connectivity index (χ0n) is 13.7. The molecule has 2 aromatic rings. The molecule has 0 aromatic heterocycles. The summed E-state index contributed by atoms with van der Waals surface area (Å²) in [6.45, 7) is 3.86. The summed E-state index contributed by atoms with van der Waals surface area (Å²) in [5.41, 5.74) is 2.37. The normalized spacial score (nSPS) is 16.3. The number of halogens is 4. The van der Waals surface area contributed by atoms with Crippen LogP contribution in [0.2, 0.25) is 20.1 Å². The van der Waals surface area contributed by atoms with Crippen molar-refractivity contribution in [1.29, 1.82) is 0 Å². The second-order valence-corrected chi connectivity index (χ2v) is 8.06. The molecule has 0 unspecified atom stereocenters. The predicted octanol–water partition coefficient (Wildman–Crippen LogP) is 6.05. The Kier molecular flexibility index (Phi) is 6.90. The van der Waals surface area contributed by atoms with E-state index in [1.165, 1.54) is 5.56 Å². The van der Waals surface area contributed by atoms with Gasteiger partial charge in [-0.1, -0.05) is 58.5 Å². The van der Waals surface area contributed by atoms with Gasteiger partial charge in [0, 0.05) is 19.1 Å². The Bertz CT molecular complexity index is 727. The maximum absolute atomic E-state index is 6.10. The van der Waals surface area contributed by atoms with Gasteiger partial charge in [0.1, 0.15) is 0 Å². The first-order valence-electron chi connectivity index (χ1n) is 8.35. The van der Waals surface area contributed by atoms with Crippen molar-refractivity contribution in [2.45, 2.75) is 32.0 Å². The maximum Gasteiger partial charge on any atom is 0.0595 e. The molecule has 0 amide bonds. The van der Waals surface area contributed by atoms with Crippen LogP contribution in [0.3, 0.4) is 0 Å². The highest BCUT2D eigenvalue weighted by Crippen LogP contribution is 2.25. The third-order valence-electron chi connectivity index (χ3n) is 4.56. The highest BCUT2D eigenvalue weighted by atomic mass is 35.5. The largest absolute Gasteiger partial charge is 0.310 e. The van der Waals surface area contributed by atoms with Crippen molar-refractivity contribution in [1.82, 2.24) is 10.2 Å². The number of hydrogen-bond acceptors (Lipinski definition) is 2. The summed E-state index contributed by atoms with van der Waals surface area (Å²) >= 11 is 24.1. The van der Waals surface area contributed by atoms with Gasteiger partial charge >= 0.3 is 0 Å². The molecule has 134 valence electrons. The summed E-state index contributed by atoms with van der Waals surface area (Å²) in [5.74, 6) is 0. The van der Waals surface area contributed by atoms with Crippen molar-refractivity contribution in [3.8, 4) is 0 Å². The first kappa shape index (κ1) is 19.3. The van der Waals surface area contributed by atoms with E-state index in [-0.39, 0.29) is 0 Å². The highest BCUT2D eigenvalue weighted by Gasteiger charge is 2.19. The maximum atomic E-state index is 6.10. The Morgan fingerprint density at radius 2 is 1.36 bits per heavy atom. The van der Waals surface area contributed by atoms with Crippen LogP contribution in [0.25, 0.3) is 0 Å². The van der Waals surface area contributed by atoms with Crippen LogP contribution in [0.4, 0.5) is 0 Å². The molecule has 25 heavy (non-hydrogen) atoms. The Morgan fingerprint density at radius 1 is 0.800 bits per heavy atom. The first-order valence-corrected chi connectivity index (χ1v) is 9.86. The molecular weight excluding hydrogens is 398 g/mol. The molecule has 0 radical (unpaired) electrons. The van der Waals surface area contributed by atoms with Gasteiger partial charge in [-0.15, -0.1) is 0 Å². The smallest absolute Gasteiger partial charge is 0.0595 e. The quantitative estimate of drug-likeness (QED) is 0.636. The fourth-order valence-corrected chi connectivity index (χ4v) is 3.74. The molecule has 2 aromatic carbocycles. The number of nitrogens with one attached hydrogen (secondary N) is 1. The van der Waals surface area contributed by atoms with Crippen LogP contribution in [0.15, 0.2) is 36.4 Å². The molecule has 0 spiro atoms. The lowest BCUT2D eigenvalue weighted by atomic mass is 10.0. The number of hydrogen-bond donors (Lipinski definition) is 1. The third kappa shape index (κ3) is 5.50. The molecule has 1 saturated heterocycles. The molecule has 2 nitrogen and oxygen atoms in total.